The van der Waals surface area contributed by atoms with E-state index in [4.69, 9.17) is 5.73 Å². The fourth-order valence-corrected chi connectivity index (χ4v) is 3.75. The van der Waals surface area contributed by atoms with E-state index in [1.165, 1.54) is 43.4 Å². The van der Waals surface area contributed by atoms with E-state index in [0.29, 0.717) is 11.0 Å². The van der Waals surface area contributed by atoms with E-state index >= 15 is 0 Å². The SMILES string of the molecule is CCC(CC)C(=O)Nc1nc(C2CCCCC2)c(N)s1. The Morgan fingerprint density at radius 1 is 1.35 bits per heavy atom. The van der Waals surface area contributed by atoms with Crippen molar-refractivity contribution < 1.29 is 4.79 Å². The number of carbonyl (C=O) groups is 1. The van der Waals surface area contributed by atoms with Crippen LogP contribution in [0, 0.1) is 5.92 Å². The molecule has 1 heterocycles. The number of thiazole rings is 1. The molecule has 1 saturated carbocycles. The number of hydrogen-bond acceptors (Lipinski definition) is 4. The molecule has 0 atom stereocenters. The van der Waals surface area contributed by atoms with Crippen LogP contribution in [0.3, 0.4) is 0 Å². The molecule has 20 heavy (non-hydrogen) atoms. The van der Waals surface area contributed by atoms with E-state index in [0.717, 1.165) is 23.5 Å². The van der Waals surface area contributed by atoms with Gasteiger partial charge >= 0.3 is 0 Å². The Morgan fingerprint density at radius 2 is 2.00 bits per heavy atom. The van der Waals surface area contributed by atoms with Crippen LogP contribution in [-0.2, 0) is 4.79 Å². The van der Waals surface area contributed by atoms with E-state index in [1.54, 1.807) is 0 Å². The fourth-order valence-electron chi connectivity index (χ4n) is 2.93. The number of aromatic nitrogens is 1. The quantitative estimate of drug-likeness (QED) is 0.857. The second-order valence-corrected chi connectivity index (χ2v) is 6.64. The maximum atomic E-state index is 12.1. The first-order chi connectivity index (χ1) is 9.65. The van der Waals surface area contributed by atoms with Gasteiger partial charge in [-0.2, -0.15) is 0 Å². The highest BCUT2D eigenvalue weighted by molar-refractivity contribution is 7.19. The van der Waals surface area contributed by atoms with Crippen LogP contribution in [0.4, 0.5) is 10.1 Å². The summed E-state index contributed by atoms with van der Waals surface area (Å²) in [6, 6.07) is 0. The van der Waals surface area contributed by atoms with Crippen LogP contribution >= 0.6 is 11.3 Å². The largest absolute Gasteiger partial charge is 0.389 e. The molecule has 1 aromatic heterocycles. The highest BCUT2D eigenvalue weighted by Crippen LogP contribution is 2.38. The van der Waals surface area contributed by atoms with Crippen LogP contribution in [0.5, 0.6) is 0 Å². The van der Waals surface area contributed by atoms with E-state index in [1.807, 2.05) is 13.8 Å². The molecule has 0 unspecified atom stereocenters. The molecule has 0 radical (unpaired) electrons. The van der Waals surface area contributed by atoms with Gasteiger partial charge in [0.05, 0.1) is 5.69 Å². The maximum absolute atomic E-state index is 12.1. The third-order valence-corrected chi connectivity index (χ3v) is 5.08. The zero-order valence-electron chi connectivity index (χ0n) is 12.4. The van der Waals surface area contributed by atoms with Crippen LogP contribution in [0.25, 0.3) is 0 Å². The summed E-state index contributed by atoms with van der Waals surface area (Å²) in [5.41, 5.74) is 7.10. The average molecular weight is 295 g/mol. The number of rotatable bonds is 5. The van der Waals surface area contributed by atoms with E-state index in [9.17, 15) is 4.79 Å². The Kier molecular flexibility index (Phi) is 5.40. The van der Waals surface area contributed by atoms with Gasteiger partial charge in [0.1, 0.15) is 5.00 Å². The number of nitrogens with one attached hydrogen (secondary N) is 1. The lowest BCUT2D eigenvalue weighted by molar-refractivity contribution is -0.120. The van der Waals surface area contributed by atoms with Gasteiger partial charge in [0, 0.05) is 11.8 Å². The first-order valence-corrected chi connectivity index (χ1v) is 8.54. The molecule has 2 rings (SSSR count). The van der Waals surface area contributed by atoms with Gasteiger partial charge < -0.3 is 11.1 Å². The minimum Gasteiger partial charge on any atom is -0.389 e. The van der Waals surface area contributed by atoms with Crippen molar-refractivity contribution in [1.82, 2.24) is 4.98 Å². The van der Waals surface area contributed by atoms with Gasteiger partial charge in [-0.3, -0.25) is 4.79 Å². The predicted octanol–water partition coefficient (Wildman–Crippen LogP) is 4.15. The number of amides is 1. The van der Waals surface area contributed by atoms with Gasteiger partial charge in [-0.15, -0.1) is 0 Å². The molecule has 1 aromatic rings. The fraction of sp³-hybridized carbons (Fsp3) is 0.733. The van der Waals surface area contributed by atoms with Crippen molar-refractivity contribution in [3.05, 3.63) is 5.69 Å². The van der Waals surface area contributed by atoms with Crippen molar-refractivity contribution >= 4 is 27.4 Å². The summed E-state index contributed by atoms with van der Waals surface area (Å²) in [6.07, 6.45) is 7.91. The normalized spacial score (nSPS) is 16.6. The van der Waals surface area contributed by atoms with Crippen molar-refractivity contribution in [3.63, 3.8) is 0 Å². The Bertz CT molecular complexity index is 448. The van der Waals surface area contributed by atoms with Gasteiger partial charge in [-0.1, -0.05) is 44.4 Å². The summed E-state index contributed by atoms with van der Waals surface area (Å²) >= 11 is 1.41. The topological polar surface area (TPSA) is 68.0 Å². The zero-order chi connectivity index (χ0) is 14.5. The molecule has 0 spiro atoms. The minimum absolute atomic E-state index is 0.0678. The highest BCUT2D eigenvalue weighted by atomic mass is 32.1. The number of nitrogens with two attached hydrogens (primary N) is 1. The Hall–Kier alpha value is -1.10. The number of nitrogen functional groups attached to an aromatic ring is 1. The summed E-state index contributed by atoms with van der Waals surface area (Å²) in [5, 5.41) is 4.37. The Morgan fingerprint density at radius 3 is 2.60 bits per heavy atom. The monoisotopic (exact) mass is 295 g/mol. The van der Waals surface area contributed by atoms with Crippen LogP contribution in [0.1, 0.15) is 70.4 Å². The first-order valence-electron chi connectivity index (χ1n) is 7.72. The molecule has 1 aliphatic rings. The maximum Gasteiger partial charge on any atom is 0.229 e. The van der Waals surface area contributed by atoms with Crippen molar-refractivity contribution in [3.8, 4) is 0 Å². The van der Waals surface area contributed by atoms with Crippen molar-refractivity contribution in [1.29, 1.82) is 0 Å². The molecular formula is C15H25N3OS. The van der Waals surface area contributed by atoms with Crippen LogP contribution in [0.2, 0.25) is 0 Å². The third-order valence-electron chi connectivity index (χ3n) is 4.26. The van der Waals surface area contributed by atoms with E-state index in [2.05, 4.69) is 10.3 Å². The van der Waals surface area contributed by atoms with Crippen LogP contribution in [-0.4, -0.2) is 10.9 Å². The predicted molar refractivity (Wildman–Crippen MR) is 85.1 cm³/mol. The zero-order valence-corrected chi connectivity index (χ0v) is 13.3. The average Bonchev–Trinajstić information content (AvgIpc) is 2.82. The Balaban J connectivity index is 2.05. The summed E-state index contributed by atoms with van der Waals surface area (Å²) < 4.78 is 0. The molecule has 1 aliphatic carbocycles. The number of anilines is 2. The standard InChI is InChI=1S/C15H25N3OS/c1-3-10(4-2)14(19)18-15-17-12(13(16)20-15)11-8-6-5-7-9-11/h10-11H,3-9,16H2,1-2H3,(H,17,18,19). The van der Waals surface area contributed by atoms with Crippen molar-refractivity contribution in [2.24, 2.45) is 5.92 Å². The molecule has 5 heteroatoms. The van der Waals surface area contributed by atoms with Crippen molar-refractivity contribution in [2.75, 3.05) is 11.1 Å². The molecule has 1 fully saturated rings. The molecular weight excluding hydrogens is 270 g/mol. The van der Waals surface area contributed by atoms with Gasteiger partial charge in [0.15, 0.2) is 5.13 Å². The molecule has 0 aromatic carbocycles. The van der Waals surface area contributed by atoms with Crippen molar-refractivity contribution in [2.45, 2.75) is 64.7 Å². The summed E-state index contributed by atoms with van der Waals surface area (Å²) in [7, 11) is 0. The molecule has 112 valence electrons. The lowest BCUT2D eigenvalue weighted by Gasteiger charge is -2.20. The lowest BCUT2D eigenvalue weighted by Crippen LogP contribution is -2.21. The Labute approximate surface area is 125 Å². The molecule has 3 N–H and O–H groups in total. The summed E-state index contributed by atoms with van der Waals surface area (Å²) in [5.74, 6) is 0.621. The van der Waals surface area contributed by atoms with Crippen LogP contribution in [0.15, 0.2) is 0 Å². The summed E-state index contributed by atoms with van der Waals surface area (Å²) in [6.45, 7) is 4.08. The number of nitrogens with zero attached hydrogens (tertiary/aromatic N) is 1. The second-order valence-electron chi connectivity index (χ2n) is 5.61. The smallest absolute Gasteiger partial charge is 0.229 e. The van der Waals surface area contributed by atoms with Gasteiger partial charge in [-0.05, 0) is 25.7 Å². The first kappa shape index (κ1) is 15.3. The molecule has 4 nitrogen and oxygen atoms in total. The summed E-state index contributed by atoms with van der Waals surface area (Å²) in [4.78, 5) is 16.7. The number of carbonyl (C=O) groups excluding carboxylic acids is 1. The molecule has 1 amide bonds. The molecule has 0 aliphatic heterocycles. The van der Waals surface area contributed by atoms with E-state index in [-0.39, 0.29) is 11.8 Å². The van der Waals surface area contributed by atoms with Gasteiger partial charge in [0.25, 0.3) is 0 Å². The molecule has 0 bridgehead atoms. The van der Waals surface area contributed by atoms with Gasteiger partial charge in [-0.25, -0.2) is 4.98 Å². The third kappa shape index (κ3) is 3.51. The van der Waals surface area contributed by atoms with E-state index < -0.39 is 0 Å². The lowest BCUT2D eigenvalue weighted by atomic mass is 9.87. The minimum atomic E-state index is 0.0678. The number of hydrogen-bond donors (Lipinski definition) is 2. The second kappa shape index (κ2) is 7.07. The van der Waals surface area contributed by atoms with Crippen LogP contribution < -0.4 is 11.1 Å². The highest BCUT2D eigenvalue weighted by Gasteiger charge is 2.23. The van der Waals surface area contributed by atoms with Gasteiger partial charge in [0.2, 0.25) is 5.91 Å². The molecule has 0 saturated heterocycles.